The van der Waals surface area contributed by atoms with Crippen LogP contribution < -0.4 is 0 Å². The number of benzene rings is 1. The molecule has 1 N–H and O–H groups in total. The number of hydrogen-bond acceptors (Lipinski definition) is 5. The van der Waals surface area contributed by atoms with Gasteiger partial charge in [0, 0.05) is 18.6 Å². The molecule has 0 saturated heterocycles. The second-order valence-corrected chi connectivity index (χ2v) is 4.85. The molecule has 0 aliphatic rings. The highest BCUT2D eigenvalue weighted by molar-refractivity contribution is 6.05. The van der Waals surface area contributed by atoms with E-state index in [0.29, 0.717) is 12.2 Å². The quantitative estimate of drug-likeness (QED) is 0.441. The molecule has 1 aromatic carbocycles. The third kappa shape index (κ3) is 3.55. The van der Waals surface area contributed by atoms with Gasteiger partial charge in [0.05, 0.1) is 0 Å². The van der Waals surface area contributed by atoms with Crippen LogP contribution in [0.3, 0.4) is 0 Å². The van der Waals surface area contributed by atoms with Crippen molar-refractivity contribution in [2.24, 2.45) is 0 Å². The van der Waals surface area contributed by atoms with E-state index in [4.69, 9.17) is 4.42 Å². The summed E-state index contributed by atoms with van der Waals surface area (Å²) in [7, 11) is 0. The normalized spacial score (nSPS) is 11.6. The van der Waals surface area contributed by atoms with Crippen LogP contribution in [-0.2, 0) is 6.42 Å². The molecule has 23 heavy (non-hydrogen) atoms. The van der Waals surface area contributed by atoms with E-state index in [1.165, 1.54) is 30.5 Å². The van der Waals surface area contributed by atoms with Gasteiger partial charge in [-0.05, 0) is 29.8 Å². The van der Waals surface area contributed by atoms with Gasteiger partial charge in [-0.3, -0.25) is 4.79 Å². The summed E-state index contributed by atoms with van der Waals surface area (Å²) in [5.41, 5.74) is 1.03. The van der Waals surface area contributed by atoms with Gasteiger partial charge >= 0.3 is 0 Å². The zero-order valence-corrected chi connectivity index (χ0v) is 11.9. The van der Waals surface area contributed by atoms with Gasteiger partial charge in [-0.2, -0.15) is 0 Å². The Balaban J connectivity index is 1.72. The van der Waals surface area contributed by atoms with Crippen molar-refractivity contribution in [3.05, 3.63) is 83.4 Å². The van der Waals surface area contributed by atoms with Gasteiger partial charge in [-0.25, -0.2) is 4.39 Å². The van der Waals surface area contributed by atoms with E-state index >= 15 is 0 Å². The molecule has 5 nitrogen and oxygen atoms in total. The fraction of sp³-hybridized carbons (Fsp3) is 0.0588. The van der Waals surface area contributed by atoms with Crippen LogP contribution in [0.15, 0.2) is 63.7 Å². The second-order valence-electron chi connectivity index (χ2n) is 4.85. The van der Waals surface area contributed by atoms with E-state index in [-0.39, 0.29) is 23.0 Å². The minimum Gasteiger partial charge on any atom is -0.505 e. The van der Waals surface area contributed by atoms with Crippen molar-refractivity contribution < 1.29 is 23.2 Å². The van der Waals surface area contributed by atoms with Crippen LogP contribution in [0.4, 0.5) is 4.39 Å². The molecule has 3 rings (SSSR count). The molecule has 116 valence electrons. The molecular formula is C17H12FNO4. The Kier molecular flexibility index (Phi) is 4.05. The van der Waals surface area contributed by atoms with Gasteiger partial charge in [-0.1, -0.05) is 17.3 Å². The highest BCUT2D eigenvalue weighted by atomic mass is 19.1. The first-order valence-electron chi connectivity index (χ1n) is 6.81. The van der Waals surface area contributed by atoms with E-state index in [9.17, 15) is 14.3 Å². The van der Waals surface area contributed by atoms with Crippen LogP contribution in [0.5, 0.6) is 0 Å². The van der Waals surface area contributed by atoms with Crippen molar-refractivity contribution >= 4 is 11.5 Å². The average molecular weight is 313 g/mol. The Labute approximate surface area is 130 Å². The number of nitrogens with zero attached hydrogens (tertiary/aromatic N) is 1. The first-order chi connectivity index (χ1) is 11.1. The predicted octanol–water partition coefficient (Wildman–Crippen LogP) is 3.78. The zero-order chi connectivity index (χ0) is 16.2. The summed E-state index contributed by atoms with van der Waals surface area (Å²) in [6, 6.07) is 10.6. The van der Waals surface area contributed by atoms with E-state index in [1.54, 1.807) is 18.2 Å². The smallest absolute Gasteiger partial charge is 0.224 e. The van der Waals surface area contributed by atoms with Crippen molar-refractivity contribution in [2.45, 2.75) is 6.42 Å². The zero-order valence-electron chi connectivity index (χ0n) is 11.9. The maximum Gasteiger partial charge on any atom is 0.224 e. The van der Waals surface area contributed by atoms with Gasteiger partial charge < -0.3 is 14.0 Å². The number of aromatic nitrogens is 1. The largest absolute Gasteiger partial charge is 0.505 e. The third-order valence-electron chi connectivity index (χ3n) is 3.16. The molecule has 0 amide bonds. The van der Waals surface area contributed by atoms with Gasteiger partial charge in [0.2, 0.25) is 5.78 Å². The van der Waals surface area contributed by atoms with Crippen LogP contribution >= 0.6 is 0 Å². The Hall–Kier alpha value is -3.15. The Bertz CT molecular complexity index is 832. The van der Waals surface area contributed by atoms with Crippen LogP contribution in [-0.4, -0.2) is 16.0 Å². The summed E-state index contributed by atoms with van der Waals surface area (Å²) >= 11 is 0. The van der Waals surface area contributed by atoms with Crippen molar-refractivity contribution in [3.63, 3.8) is 0 Å². The van der Waals surface area contributed by atoms with E-state index in [0.717, 1.165) is 11.6 Å². The minimum atomic E-state index is -0.490. The molecule has 0 atom stereocenters. The van der Waals surface area contributed by atoms with Crippen molar-refractivity contribution in [3.8, 4) is 0 Å². The Morgan fingerprint density at radius 3 is 2.65 bits per heavy atom. The number of aliphatic hydroxyl groups is 1. The molecule has 2 aromatic heterocycles. The summed E-state index contributed by atoms with van der Waals surface area (Å²) in [6.07, 6.45) is 2.74. The van der Waals surface area contributed by atoms with Gasteiger partial charge in [0.1, 0.15) is 29.3 Å². The van der Waals surface area contributed by atoms with Crippen LogP contribution in [0.1, 0.15) is 27.6 Å². The molecule has 0 fully saturated rings. The molecule has 6 heteroatoms. The lowest BCUT2D eigenvalue weighted by Crippen LogP contribution is -1.95. The SMILES string of the molecule is O=C(/C=C(\O)c1ccon1)c1ccc(Cc2ccc(F)cc2)o1. The first kappa shape index (κ1) is 14.8. The van der Waals surface area contributed by atoms with Crippen molar-refractivity contribution in [2.75, 3.05) is 0 Å². The molecule has 0 saturated carbocycles. The fourth-order valence-corrected chi connectivity index (χ4v) is 2.02. The monoisotopic (exact) mass is 313 g/mol. The summed E-state index contributed by atoms with van der Waals surface area (Å²) in [5.74, 6) is -0.444. The van der Waals surface area contributed by atoms with E-state index in [1.807, 2.05) is 0 Å². The van der Waals surface area contributed by atoms with Gasteiger partial charge in [0.25, 0.3) is 0 Å². The molecule has 0 aliphatic heterocycles. The number of hydrogen-bond donors (Lipinski definition) is 1. The number of rotatable bonds is 5. The lowest BCUT2D eigenvalue weighted by molar-refractivity contribution is 0.101. The van der Waals surface area contributed by atoms with Crippen LogP contribution in [0.25, 0.3) is 5.76 Å². The van der Waals surface area contributed by atoms with Crippen LogP contribution in [0.2, 0.25) is 0 Å². The van der Waals surface area contributed by atoms with Gasteiger partial charge in [0.15, 0.2) is 5.76 Å². The topological polar surface area (TPSA) is 76.5 Å². The predicted molar refractivity (Wildman–Crippen MR) is 79.4 cm³/mol. The number of allylic oxidation sites excluding steroid dienone is 1. The number of aliphatic hydroxyl groups excluding tert-OH is 1. The number of halogens is 1. The number of ketones is 1. The Morgan fingerprint density at radius 2 is 1.96 bits per heavy atom. The number of carbonyl (C=O) groups is 1. The van der Waals surface area contributed by atoms with Crippen molar-refractivity contribution in [1.29, 1.82) is 0 Å². The van der Waals surface area contributed by atoms with E-state index < -0.39 is 5.78 Å². The summed E-state index contributed by atoms with van der Waals surface area (Å²) in [4.78, 5) is 12.0. The Morgan fingerprint density at radius 1 is 1.17 bits per heavy atom. The minimum absolute atomic E-state index is 0.0946. The van der Waals surface area contributed by atoms with Gasteiger partial charge in [-0.15, -0.1) is 0 Å². The van der Waals surface area contributed by atoms with Crippen molar-refractivity contribution in [1.82, 2.24) is 5.16 Å². The van der Waals surface area contributed by atoms with Crippen LogP contribution in [0, 0.1) is 5.82 Å². The molecule has 2 heterocycles. The molecule has 0 radical (unpaired) electrons. The summed E-state index contributed by atoms with van der Waals surface area (Å²) in [6.45, 7) is 0. The lowest BCUT2D eigenvalue weighted by Gasteiger charge is -1.98. The average Bonchev–Trinajstić information content (AvgIpc) is 3.21. The highest BCUT2D eigenvalue weighted by Crippen LogP contribution is 2.16. The summed E-state index contributed by atoms with van der Waals surface area (Å²) < 4.78 is 22.9. The molecule has 0 spiro atoms. The maximum atomic E-state index is 12.9. The lowest BCUT2D eigenvalue weighted by atomic mass is 10.1. The fourth-order valence-electron chi connectivity index (χ4n) is 2.02. The molecule has 0 unspecified atom stereocenters. The third-order valence-corrected chi connectivity index (χ3v) is 3.16. The second kappa shape index (κ2) is 6.31. The first-order valence-corrected chi connectivity index (χ1v) is 6.81. The maximum absolute atomic E-state index is 12.9. The number of carbonyl (C=O) groups excluding carboxylic acids is 1. The molecule has 3 aromatic rings. The summed E-state index contributed by atoms with van der Waals surface area (Å²) in [5, 5.41) is 13.3. The molecule has 0 bridgehead atoms. The highest BCUT2D eigenvalue weighted by Gasteiger charge is 2.12. The standard InChI is InChI=1S/C17H12FNO4/c18-12-3-1-11(2-4-12)9-13-5-6-17(23-13)16(21)10-15(20)14-7-8-22-19-14/h1-8,10,20H,9H2/b15-10-. The van der Waals surface area contributed by atoms with E-state index in [2.05, 4.69) is 9.68 Å². The molecular weight excluding hydrogens is 301 g/mol. The molecule has 0 aliphatic carbocycles. The number of furan rings is 1.